The maximum absolute atomic E-state index is 15.0. The molecule has 0 saturated carbocycles. The molecule has 1 aromatic heterocycles. The van der Waals surface area contributed by atoms with Crippen molar-refractivity contribution in [2.75, 3.05) is 30.4 Å². The molecule has 0 aliphatic carbocycles. The zero-order valence-corrected chi connectivity index (χ0v) is 18.9. The molecule has 1 aliphatic heterocycles. The number of aromatic amines is 1. The highest BCUT2D eigenvalue weighted by Crippen LogP contribution is 2.38. The van der Waals surface area contributed by atoms with Crippen LogP contribution in [0.25, 0.3) is 0 Å². The molecule has 1 amide bonds. The first-order chi connectivity index (χ1) is 14.8. The molecule has 1 aromatic carbocycles. The van der Waals surface area contributed by atoms with E-state index in [-0.39, 0.29) is 23.8 Å². The maximum Gasteiger partial charge on any atom is 0.417 e. The van der Waals surface area contributed by atoms with Gasteiger partial charge in [-0.2, -0.15) is 13.2 Å². The number of anilines is 2. The van der Waals surface area contributed by atoms with Crippen molar-refractivity contribution in [2.24, 2.45) is 0 Å². The number of amides is 1. The third kappa shape index (κ3) is 4.65. The molecule has 1 aliphatic rings. The minimum atomic E-state index is -4.99. The van der Waals surface area contributed by atoms with E-state index >= 15 is 4.39 Å². The Bertz CT molecular complexity index is 1090. The minimum absolute atomic E-state index is 0.00123. The number of hydrogen-bond acceptors (Lipinski definition) is 4. The summed E-state index contributed by atoms with van der Waals surface area (Å²) < 4.78 is 68.8. The fraction of sp³-hybridized carbons (Fsp3) is 0.400. The molecule has 1 saturated heterocycles. The van der Waals surface area contributed by atoms with E-state index in [0.29, 0.717) is 19.3 Å². The van der Waals surface area contributed by atoms with Crippen LogP contribution in [0.1, 0.15) is 29.8 Å². The first-order valence-electron chi connectivity index (χ1n) is 9.57. The second-order valence-corrected chi connectivity index (χ2v) is 8.52. The molecule has 0 bridgehead atoms. The Hall–Kier alpha value is -2.47. The minimum Gasteiger partial charge on any atom is -0.367 e. The molecule has 174 valence electrons. The SMILES string of the molecule is C[C@@H]1CN(c2cc(F)c(Br)c(F)c2NC(=O)c2c[nH]c(=O)cc2C(F)(F)F)C[C@H](C)N1C. The highest BCUT2D eigenvalue weighted by atomic mass is 79.9. The van der Waals surface area contributed by atoms with Gasteiger partial charge in [0.25, 0.3) is 5.91 Å². The summed E-state index contributed by atoms with van der Waals surface area (Å²) in [5.74, 6) is -3.39. The summed E-state index contributed by atoms with van der Waals surface area (Å²) in [5.41, 5.74) is -3.88. The van der Waals surface area contributed by atoms with Gasteiger partial charge >= 0.3 is 6.18 Å². The first-order valence-corrected chi connectivity index (χ1v) is 10.4. The maximum atomic E-state index is 15.0. The van der Waals surface area contributed by atoms with Crippen molar-refractivity contribution in [3.05, 3.63) is 55.9 Å². The molecule has 6 nitrogen and oxygen atoms in total. The van der Waals surface area contributed by atoms with Crippen LogP contribution >= 0.6 is 15.9 Å². The predicted octanol–water partition coefficient (Wildman–Crippen LogP) is 4.22. The Morgan fingerprint density at radius 1 is 1.19 bits per heavy atom. The second kappa shape index (κ2) is 8.81. The topological polar surface area (TPSA) is 68.4 Å². The van der Waals surface area contributed by atoms with E-state index in [4.69, 9.17) is 0 Å². The van der Waals surface area contributed by atoms with Crippen LogP contribution in [0.15, 0.2) is 27.6 Å². The lowest BCUT2D eigenvalue weighted by atomic mass is 10.1. The van der Waals surface area contributed by atoms with Gasteiger partial charge in [-0.15, -0.1) is 0 Å². The van der Waals surface area contributed by atoms with Gasteiger partial charge in [0.15, 0.2) is 5.82 Å². The summed E-state index contributed by atoms with van der Waals surface area (Å²) in [7, 11) is 1.91. The average Bonchev–Trinajstić information content (AvgIpc) is 2.71. The van der Waals surface area contributed by atoms with E-state index < -0.39 is 50.6 Å². The van der Waals surface area contributed by atoms with E-state index in [1.54, 1.807) is 4.90 Å². The number of aromatic nitrogens is 1. The number of H-pyrrole nitrogens is 1. The number of rotatable bonds is 3. The number of hydrogen-bond donors (Lipinski definition) is 2. The Morgan fingerprint density at radius 2 is 1.78 bits per heavy atom. The molecule has 2 N–H and O–H groups in total. The molecule has 2 heterocycles. The lowest BCUT2D eigenvalue weighted by molar-refractivity contribution is -0.138. The number of benzene rings is 1. The Labute approximate surface area is 188 Å². The Kier molecular flexibility index (Phi) is 6.66. The molecular formula is C20H20BrF5N4O2. The van der Waals surface area contributed by atoms with Crippen LogP contribution in [0.5, 0.6) is 0 Å². The average molecular weight is 523 g/mol. The third-order valence-electron chi connectivity index (χ3n) is 5.55. The monoisotopic (exact) mass is 522 g/mol. The number of nitrogens with zero attached hydrogens (tertiary/aromatic N) is 2. The molecule has 2 aromatic rings. The normalized spacial score (nSPS) is 19.8. The molecule has 1 fully saturated rings. The predicted molar refractivity (Wildman–Crippen MR) is 113 cm³/mol. The van der Waals surface area contributed by atoms with Gasteiger partial charge in [0.1, 0.15) is 11.5 Å². The summed E-state index contributed by atoms with van der Waals surface area (Å²) in [4.78, 5) is 29.8. The van der Waals surface area contributed by atoms with Crippen LogP contribution < -0.4 is 15.8 Å². The molecule has 12 heteroatoms. The molecule has 0 spiro atoms. The van der Waals surface area contributed by atoms with Gasteiger partial charge in [-0.3, -0.25) is 14.5 Å². The molecule has 3 rings (SSSR count). The quantitative estimate of drug-likeness (QED) is 0.468. The lowest BCUT2D eigenvalue weighted by Gasteiger charge is -2.44. The molecule has 0 radical (unpaired) electrons. The van der Waals surface area contributed by atoms with Crippen LogP contribution in [0.4, 0.5) is 33.3 Å². The molecule has 32 heavy (non-hydrogen) atoms. The van der Waals surface area contributed by atoms with Gasteiger partial charge < -0.3 is 15.2 Å². The number of nitrogens with one attached hydrogen (secondary N) is 2. The summed E-state index contributed by atoms with van der Waals surface area (Å²) in [6.45, 7) is 4.58. The summed E-state index contributed by atoms with van der Waals surface area (Å²) in [6.07, 6.45) is -4.38. The Balaban J connectivity index is 2.07. The fourth-order valence-electron chi connectivity index (χ4n) is 3.63. The van der Waals surface area contributed by atoms with Gasteiger partial charge in [0.2, 0.25) is 5.56 Å². The van der Waals surface area contributed by atoms with Crippen LogP contribution in [0, 0.1) is 11.6 Å². The zero-order valence-electron chi connectivity index (χ0n) is 17.3. The van der Waals surface area contributed by atoms with Crippen molar-refractivity contribution in [3.63, 3.8) is 0 Å². The summed E-state index contributed by atoms with van der Waals surface area (Å²) >= 11 is 2.77. The van der Waals surface area contributed by atoms with Gasteiger partial charge in [-0.25, -0.2) is 8.78 Å². The van der Waals surface area contributed by atoms with Gasteiger partial charge in [-0.05, 0) is 36.8 Å². The van der Waals surface area contributed by atoms with E-state index in [1.807, 2.05) is 25.9 Å². The van der Waals surface area contributed by atoms with E-state index in [2.05, 4.69) is 26.1 Å². The van der Waals surface area contributed by atoms with E-state index in [9.17, 15) is 27.2 Å². The molecule has 0 unspecified atom stereocenters. The largest absolute Gasteiger partial charge is 0.417 e. The van der Waals surface area contributed by atoms with Crippen LogP contribution in [0.2, 0.25) is 0 Å². The van der Waals surface area contributed by atoms with Crippen molar-refractivity contribution in [1.82, 2.24) is 9.88 Å². The van der Waals surface area contributed by atoms with Crippen molar-refractivity contribution >= 4 is 33.2 Å². The second-order valence-electron chi connectivity index (χ2n) is 7.73. The molecule has 2 atom stereocenters. The number of carbonyl (C=O) groups is 1. The van der Waals surface area contributed by atoms with Crippen LogP contribution in [-0.2, 0) is 6.18 Å². The standard InChI is InChI=1S/C20H20BrF5N4O2/c1-9-7-30(8-10(2)29(9)3)14-5-13(22)16(21)17(23)18(14)28-19(32)11-6-27-15(31)4-12(11)20(24,25)26/h4-6,9-10H,7-8H2,1-3H3,(H,27,31)(H,28,32)/t9-,10+. The van der Waals surface area contributed by atoms with E-state index in [0.717, 1.165) is 6.07 Å². The van der Waals surface area contributed by atoms with Gasteiger partial charge in [0, 0.05) is 43.5 Å². The van der Waals surface area contributed by atoms with Crippen molar-refractivity contribution in [1.29, 1.82) is 0 Å². The van der Waals surface area contributed by atoms with Gasteiger partial charge in [-0.1, -0.05) is 0 Å². The highest BCUT2D eigenvalue weighted by molar-refractivity contribution is 9.10. The van der Waals surface area contributed by atoms with Crippen LogP contribution in [0.3, 0.4) is 0 Å². The third-order valence-corrected chi connectivity index (χ3v) is 6.28. The van der Waals surface area contributed by atoms with Gasteiger partial charge in [0.05, 0.1) is 21.3 Å². The summed E-state index contributed by atoms with van der Waals surface area (Å²) in [5, 5.41) is 2.15. The first kappa shape index (κ1) is 24.2. The number of alkyl halides is 3. The van der Waals surface area contributed by atoms with Crippen molar-refractivity contribution < 1.29 is 26.7 Å². The fourth-order valence-corrected chi connectivity index (χ4v) is 3.94. The van der Waals surface area contributed by atoms with Crippen molar-refractivity contribution in [2.45, 2.75) is 32.1 Å². The van der Waals surface area contributed by atoms with Crippen molar-refractivity contribution in [3.8, 4) is 0 Å². The number of pyridine rings is 1. The van der Waals surface area contributed by atoms with E-state index in [1.165, 1.54) is 0 Å². The number of piperazine rings is 1. The highest BCUT2D eigenvalue weighted by Gasteiger charge is 2.37. The Morgan fingerprint density at radius 3 is 2.34 bits per heavy atom. The number of likely N-dealkylation sites (N-methyl/N-ethyl adjacent to an activating group) is 1. The smallest absolute Gasteiger partial charge is 0.367 e. The summed E-state index contributed by atoms with van der Waals surface area (Å²) in [6, 6.07) is 1.28. The zero-order chi connectivity index (χ0) is 24.0. The number of carbonyl (C=O) groups excluding carboxylic acids is 1. The molecular weight excluding hydrogens is 503 g/mol. The van der Waals surface area contributed by atoms with Crippen LogP contribution in [-0.4, -0.2) is 48.0 Å². The number of halogens is 6. The lowest BCUT2D eigenvalue weighted by Crippen LogP contribution is -2.55.